The minimum atomic E-state index is 0.275. The highest BCUT2D eigenvalue weighted by molar-refractivity contribution is 6.30. The lowest BCUT2D eigenvalue weighted by Crippen LogP contribution is -2.22. The lowest BCUT2D eigenvalue weighted by Gasteiger charge is -2.14. The van der Waals surface area contributed by atoms with E-state index in [2.05, 4.69) is 28.5 Å². The fraction of sp³-hybridized carbons (Fsp3) is 0.385. The average molecular weight is 265 g/mol. The molecule has 0 fully saturated rings. The van der Waals surface area contributed by atoms with Crippen molar-refractivity contribution in [3.8, 4) is 0 Å². The molecule has 1 aromatic carbocycles. The molecule has 18 heavy (non-hydrogen) atoms. The van der Waals surface area contributed by atoms with E-state index in [0.29, 0.717) is 0 Å². The Bertz CT molecular complexity index is 509. The lowest BCUT2D eigenvalue weighted by molar-refractivity contribution is 0.564. The molecule has 5 heteroatoms. The van der Waals surface area contributed by atoms with Gasteiger partial charge in [0.05, 0.1) is 0 Å². The zero-order valence-corrected chi connectivity index (χ0v) is 11.4. The normalized spacial score (nSPS) is 12.6. The van der Waals surface area contributed by atoms with Gasteiger partial charge in [-0.15, -0.1) is 10.2 Å². The van der Waals surface area contributed by atoms with Gasteiger partial charge in [-0.2, -0.15) is 0 Å². The van der Waals surface area contributed by atoms with Gasteiger partial charge in [-0.05, 0) is 24.6 Å². The molecule has 0 saturated carbocycles. The number of aryl methyl sites for hydroxylation is 1. The van der Waals surface area contributed by atoms with Crippen molar-refractivity contribution in [3.05, 3.63) is 47.0 Å². The highest BCUT2D eigenvalue weighted by atomic mass is 35.5. The van der Waals surface area contributed by atoms with Gasteiger partial charge in [0.25, 0.3) is 0 Å². The number of rotatable bonds is 5. The van der Waals surface area contributed by atoms with Gasteiger partial charge >= 0.3 is 0 Å². The van der Waals surface area contributed by atoms with E-state index in [0.717, 1.165) is 23.8 Å². The summed E-state index contributed by atoms with van der Waals surface area (Å²) >= 11 is 5.98. The van der Waals surface area contributed by atoms with Crippen LogP contribution in [0, 0.1) is 0 Å². The van der Waals surface area contributed by atoms with Gasteiger partial charge in [-0.25, -0.2) is 0 Å². The maximum absolute atomic E-state index is 5.98. The fourth-order valence-electron chi connectivity index (χ4n) is 1.83. The van der Waals surface area contributed by atoms with Gasteiger partial charge < -0.3 is 9.88 Å². The molecular weight excluding hydrogens is 248 g/mol. The van der Waals surface area contributed by atoms with Gasteiger partial charge in [0.1, 0.15) is 12.2 Å². The number of nitrogens with zero attached hydrogens (tertiary/aromatic N) is 3. The van der Waals surface area contributed by atoms with Crippen LogP contribution in [0.2, 0.25) is 5.02 Å². The van der Waals surface area contributed by atoms with E-state index < -0.39 is 0 Å². The average Bonchev–Trinajstić information content (AvgIpc) is 2.75. The van der Waals surface area contributed by atoms with E-state index in [1.54, 1.807) is 6.33 Å². The number of hydrogen-bond acceptors (Lipinski definition) is 3. The van der Waals surface area contributed by atoms with Crippen molar-refractivity contribution in [1.29, 1.82) is 0 Å². The summed E-state index contributed by atoms with van der Waals surface area (Å²) in [6, 6.07) is 8.19. The minimum absolute atomic E-state index is 0.275. The number of benzene rings is 1. The second-order valence-electron chi connectivity index (χ2n) is 4.34. The van der Waals surface area contributed by atoms with Crippen molar-refractivity contribution in [2.45, 2.75) is 19.4 Å². The first-order valence-corrected chi connectivity index (χ1v) is 6.36. The lowest BCUT2D eigenvalue weighted by atomic mass is 10.1. The van der Waals surface area contributed by atoms with Gasteiger partial charge in [0.2, 0.25) is 0 Å². The molecule has 0 amide bonds. The van der Waals surface area contributed by atoms with Crippen molar-refractivity contribution in [1.82, 2.24) is 20.1 Å². The van der Waals surface area contributed by atoms with E-state index in [1.807, 2.05) is 29.8 Å². The number of halogens is 1. The molecule has 0 aliphatic carbocycles. The number of hydrogen-bond donors (Lipinski definition) is 1. The molecule has 4 nitrogen and oxygen atoms in total. The SMILES string of the molecule is CC(NCCc1nncn1C)c1cccc(Cl)c1. The Kier molecular flexibility index (Phi) is 4.33. The highest BCUT2D eigenvalue weighted by Gasteiger charge is 2.06. The van der Waals surface area contributed by atoms with Crippen LogP contribution in [0.25, 0.3) is 0 Å². The van der Waals surface area contributed by atoms with E-state index in [-0.39, 0.29) is 6.04 Å². The van der Waals surface area contributed by atoms with Crippen molar-refractivity contribution in [2.75, 3.05) is 6.54 Å². The second kappa shape index (κ2) is 5.98. The topological polar surface area (TPSA) is 42.7 Å². The molecule has 0 radical (unpaired) electrons. The van der Waals surface area contributed by atoms with E-state index in [9.17, 15) is 0 Å². The maximum Gasteiger partial charge on any atom is 0.133 e. The van der Waals surface area contributed by atoms with E-state index in [1.165, 1.54) is 5.56 Å². The molecule has 1 heterocycles. The molecule has 1 aromatic heterocycles. The zero-order valence-electron chi connectivity index (χ0n) is 10.6. The monoisotopic (exact) mass is 264 g/mol. The van der Waals surface area contributed by atoms with Crippen LogP contribution in [0.1, 0.15) is 24.4 Å². The van der Waals surface area contributed by atoms with Crippen LogP contribution in [0.3, 0.4) is 0 Å². The van der Waals surface area contributed by atoms with Gasteiger partial charge in [-0.3, -0.25) is 0 Å². The summed E-state index contributed by atoms with van der Waals surface area (Å²) in [5.74, 6) is 0.987. The predicted molar refractivity (Wildman–Crippen MR) is 72.6 cm³/mol. The minimum Gasteiger partial charge on any atom is -0.321 e. The summed E-state index contributed by atoms with van der Waals surface area (Å²) in [4.78, 5) is 0. The highest BCUT2D eigenvalue weighted by Crippen LogP contribution is 2.17. The Morgan fingerprint density at radius 1 is 1.44 bits per heavy atom. The fourth-order valence-corrected chi connectivity index (χ4v) is 2.03. The van der Waals surface area contributed by atoms with Crippen molar-refractivity contribution < 1.29 is 0 Å². The first-order valence-electron chi connectivity index (χ1n) is 5.98. The Hall–Kier alpha value is -1.39. The van der Waals surface area contributed by atoms with Crippen LogP contribution in [0.5, 0.6) is 0 Å². The van der Waals surface area contributed by atoms with Crippen LogP contribution in [-0.2, 0) is 13.5 Å². The molecule has 0 bridgehead atoms. The standard InChI is InChI=1S/C13H17ClN4/c1-10(11-4-3-5-12(14)8-11)15-7-6-13-17-16-9-18(13)2/h3-5,8-10,15H,6-7H2,1-2H3. The third kappa shape index (κ3) is 3.31. The molecule has 0 aliphatic rings. The van der Waals surface area contributed by atoms with Gasteiger partial charge in [-0.1, -0.05) is 23.7 Å². The Balaban J connectivity index is 1.85. The first-order chi connectivity index (χ1) is 8.66. The van der Waals surface area contributed by atoms with Crippen LogP contribution < -0.4 is 5.32 Å². The molecule has 0 aliphatic heterocycles. The van der Waals surface area contributed by atoms with Crippen molar-refractivity contribution in [3.63, 3.8) is 0 Å². The van der Waals surface area contributed by atoms with Gasteiger partial charge in [0, 0.05) is 31.1 Å². The van der Waals surface area contributed by atoms with Crippen LogP contribution in [0.15, 0.2) is 30.6 Å². The summed E-state index contributed by atoms with van der Waals surface area (Å²) in [6.45, 7) is 2.99. The van der Waals surface area contributed by atoms with Crippen molar-refractivity contribution >= 4 is 11.6 Å². The largest absolute Gasteiger partial charge is 0.321 e. The summed E-state index contributed by atoms with van der Waals surface area (Å²) in [5.41, 5.74) is 1.19. The molecule has 2 rings (SSSR count). The van der Waals surface area contributed by atoms with E-state index in [4.69, 9.17) is 11.6 Å². The van der Waals surface area contributed by atoms with Crippen LogP contribution in [-0.4, -0.2) is 21.3 Å². The smallest absolute Gasteiger partial charge is 0.133 e. The van der Waals surface area contributed by atoms with E-state index >= 15 is 0 Å². The molecule has 1 atom stereocenters. The number of aromatic nitrogens is 3. The molecule has 0 spiro atoms. The quantitative estimate of drug-likeness (QED) is 0.902. The molecule has 1 N–H and O–H groups in total. The Morgan fingerprint density at radius 3 is 2.94 bits per heavy atom. The summed E-state index contributed by atoms with van der Waals surface area (Å²) in [6.07, 6.45) is 2.58. The molecular formula is C13H17ClN4. The van der Waals surface area contributed by atoms with Crippen molar-refractivity contribution in [2.24, 2.45) is 7.05 Å². The van der Waals surface area contributed by atoms with Gasteiger partial charge in [0.15, 0.2) is 0 Å². The maximum atomic E-state index is 5.98. The molecule has 2 aromatic rings. The van der Waals surface area contributed by atoms with Crippen LogP contribution >= 0.6 is 11.6 Å². The zero-order chi connectivity index (χ0) is 13.0. The first kappa shape index (κ1) is 13.1. The Labute approximate surface area is 112 Å². The molecule has 0 saturated heterocycles. The summed E-state index contributed by atoms with van der Waals surface area (Å²) in [7, 11) is 1.95. The molecule has 1 unspecified atom stereocenters. The van der Waals surface area contributed by atoms with Crippen LogP contribution in [0.4, 0.5) is 0 Å². The number of nitrogens with one attached hydrogen (secondary N) is 1. The summed E-state index contributed by atoms with van der Waals surface area (Å²) in [5, 5.41) is 12.1. The Morgan fingerprint density at radius 2 is 2.28 bits per heavy atom. The third-order valence-electron chi connectivity index (χ3n) is 2.95. The summed E-state index contributed by atoms with van der Waals surface area (Å²) < 4.78 is 1.94. The molecule has 96 valence electrons. The predicted octanol–water partition coefficient (Wildman–Crippen LogP) is 2.36. The third-order valence-corrected chi connectivity index (χ3v) is 3.19. The second-order valence-corrected chi connectivity index (χ2v) is 4.78.